The van der Waals surface area contributed by atoms with Gasteiger partial charge in [-0.25, -0.2) is 28.1 Å². The summed E-state index contributed by atoms with van der Waals surface area (Å²) in [6, 6.07) is 3.21. The Morgan fingerprint density at radius 1 is 0.964 bits per heavy atom. The molecule has 7 nitrogen and oxygen atoms in total. The van der Waals surface area contributed by atoms with Gasteiger partial charge in [-0.1, -0.05) is 18.2 Å². The Balaban J connectivity index is 2.68. The van der Waals surface area contributed by atoms with E-state index in [1.165, 1.54) is 18.2 Å². The van der Waals surface area contributed by atoms with Crippen LogP contribution in [0, 0.1) is 0 Å². The molecule has 0 spiro atoms. The summed E-state index contributed by atoms with van der Waals surface area (Å²) in [5.41, 5.74) is -3.73. The molecule has 0 bridgehead atoms. The maximum Gasteiger partial charge on any atom is 0.419 e. The molecule has 1 aromatic heterocycles. The largest absolute Gasteiger partial charge is 0.496 e. The monoisotopic (exact) mass is 397 g/mol. The number of hydrogen-bond acceptors (Lipinski definition) is 4. The van der Waals surface area contributed by atoms with E-state index < -0.39 is 35.4 Å². The minimum absolute atomic E-state index is 0.0429. The number of nitrogens with zero attached hydrogens (tertiary/aromatic N) is 3. The van der Waals surface area contributed by atoms with Crippen molar-refractivity contribution in [3.63, 3.8) is 0 Å². The summed E-state index contributed by atoms with van der Waals surface area (Å²) in [6.45, 7) is 6.13. The van der Waals surface area contributed by atoms with E-state index >= 15 is 0 Å². The van der Waals surface area contributed by atoms with Crippen LogP contribution in [-0.4, -0.2) is 20.8 Å². The summed E-state index contributed by atoms with van der Waals surface area (Å²) >= 11 is 0. The molecule has 0 aliphatic carbocycles. The van der Waals surface area contributed by atoms with Gasteiger partial charge in [-0.3, -0.25) is 0 Å². The van der Waals surface area contributed by atoms with Crippen LogP contribution in [0.3, 0.4) is 0 Å². The zero-order valence-electron chi connectivity index (χ0n) is 15.0. The van der Waals surface area contributed by atoms with Crippen molar-refractivity contribution in [2.75, 3.05) is 7.11 Å². The second-order valence-corrected chi connectivity index (χ2v) is 5.76. The van der Waals surface area contributed by atoms with Crippen LogP contribution in [0.25, 0.3) is 0 Å². The lowest BCUT2D eigenvalue weighted by Gasteiger charge is -2.15. The summed E-state index contributed by atoms with van der Waals surface area (Å²) in [7, 11) is 1.11. The lowest BCUT2D eigenvalue weighted by atomic mass is 10.1. The third kappa shape index (κ3) is 4.00. The van der Waals surface area contributed by atoms with Crippen molar-refractivity contribution in [3.8, 4) is 5.75 Å². The van der Waals surface area contributed by atoms with Crippen LogP contribution < -0.4 is 21.8 Å². The first-order valence-corrected chi connectivity index (χ1v) is 8.06. The first-order chi connectivity index (χ1) is 13.1. The highest BCUT2D eigenvalue weighted by atomic mass is 19.4. The van der Waals surface area contributed by atoms with Crippen molar-refractivity contribution in [1.82, 2.24) is 13.7 Å². The summed E-state index contributed by atoms with van der Waals surface area (Å²) in [5.74, 6) is -0.385. The highest BCUT2D eigenvalue weighted by Crippen LogP contribution is 2.36. The van der Waals surface area contributed by atoms with Gasteiger partial charge in [0.1, 0.15) is 5.75 Å². The van der Waals surface area contributed by atoms with Gasteiger partial charge in [-0.15, -0.1) is 13.2 Å². The van der Waals surface area contributed by atoms with Crippen LogP contribution in [0.1, 0.15) is 11.1 Å². The zero-order chi connectivity index (χ0) is 21.1. The van der Waals surface area contributed by atoms with Crippen molar-refractivity contribution < 1.29 is 17.9 Å². The topological polar surface area (TPSA) is 75.2 Å². The van der Waals surface area contributed by atoms with Gasteiger partial charge in [0, 0.05) is 0 Å². The SMILES string of the molecule is C=CCn1c(=O)n(CC=C)c(=O)n(Cc2ccc(OC)c(C(F)(F)F)c2)c1=O. The molecule has 2 aromatic rings. The van der Waals surface area contributed by atoms with Gasteiger partial charge in [-0.05, 0) is 17.7 Å². The molecule has 0 N–H and O–H groups in total. The second-order valence-electron chi connectivity index (χ2n) is 5.76. The normalized spacial score (nSPS) is 11.3. The van der Waals surface area contributed by atoms with Crippen molar-refractivity contribution in [2.45, 2.75) is 25.8 Å². The van der Waals surface area contributed by atoms with Crippen molar-refractivity contribution in [1.29, 1.82) is 0 Å². The van der Waals surface area contributed by atoms with Gasteiger partial charge in [0.25, 0.3) is 0 Å². The van der Waals surface area contributed by atoms with Gasteiger partial charge in [-0.2, -0.15) is 13.2 Å². The predicted molar refractivity (Wildman–Crippen MR) is 96.7 cm³/mol. The first-order valence-electron chi connectivity index (χ1n) is 8.06. The fourth-order valence-electron chi connectivity index (χ4n) is 2.65. The minimum atomic E-state index is -4.68. The Kier molecular flexibility index (Phi) is 6.12. The maximum absolute atomic E-state index is 13.2. The van der Waals surface area contributed by atoms with Gasteiger partial charge >= 0.3 is 23.2 Å². The minimum Gasteiger partial charge on any atom is -0.496 e. The molecule has 10 heteroatoms. The number of allylic oxidation sites excluding steroid dienone is 2. The number of benzene rings is 1. The fraction of sp³-hybridized carbons (Fsp3) is 0.278. The Labute approximate surface area is 157 Å². The number of hydrogen-bond donors (Lipinski definition) is 0. The third-order valence-electron chi connectivity index (χ3n) is 3.92. The molecule has 28 heavy (non-hydrogen) atoms. The number of rotatable bonds is 7. The molecular weight excluding hydrogens is 379 g/mol. The number of alkyl halides is 3. The van der Waals surface area contributed by atoms with Gasteiger partial charge in [0.15, 0.2) is 0 Å². The first kappa shape index (κ1) is 21.0. The quantitative estimate of drug-likeness (QED) is 0.666. The lowest BCUT2D eigenvalue weighted by molar-refractivity contribution is -0.138. The molecule has 0 unspecified atom stereocenters. The second kappa shape index (κ2) is 8.15. The number of methoxy groups -OCH3 is 1. The Morgan fingerprint density at radius 3 is 1.89 bits per heavy atom. The molecule has 0 fully saturated rings. The summed E-state index contributed by atoms with van der Waals surface area (Å²) in [6.07, 6.45) is -2.09. The van der Waals surface area contributed by atoms with Crippen LogP contribution in [0.2, 0.25) is 0 Å². The number of ether oxygens (including phenoxy) is 1. The van der Waals surface area contributed by atoms with Crippen LogP contribution in [0.15, 0.2) is 57.9 Å². The van der Waals surface area contributed by atoms with E-state index in [2.05, 4.69) is 13.2 Å². The predicted octanol–water partition coefficient (Wildman–Crippen LogP) is 1.62. The van der Waals surface area contributed by atoms with E-state index in [4.69, 9.17) is 4.74 Å². The fourth-order valence-corrected chi connectivity index (χ4v) is 2.65. The average Bonchev–Trinajstić information content (AvgIpc) is 2.65. The molecule has 0 radical (unpaired) electrons. The van der Waals surface area contributed by atoms with E-state index in [0.29, 0.717) is 4.57 Å². The zero-order valence-corrected chi connectivity index (χ0v) is 15.0. The molecule has 0 amide bonds. The number of halogens is 3. The molecule has 1 aromatic carbocycles. The van der Waals surface area contributed by atoms with Crippen molar-refractivity contribution in [2.24, 2.45) is 0 Å². The standard InChI is InChI=1S/C18H18F3N3O4/c1-4-8-22-15(25)23(9-5-2)17(27)24(16(22)26)11-12-6-7-14(28-3)13(10-12)18(19,20)21/h4-7,10H,1-2,8-9,11H2,3H3. The molecule has 0 aliphatic heterocycles. The summed E-state index contributed by atoms with van der Waals surface area (Å²) < 4.78 is 46.6. The molecule has 150 valence electrons. The molecule has 0 saturated carbocycles. The van der Waals surface area contributed by atoms with Gasteiger partial charge < -0.3 is 4.74 Å². The molecule has 1 heterocycles. The Bertz CT molecular complexity index is 1030. The highest BCUT2D eigenvalue weighted by Gasteiger charge is 2.34. The van der Waals surface area contributed by atoms with Gasteiger partial charge in [0.2, 0.25) is 0 Å². The molecule has 0 aliphatic rings. The maximum atomic E-state index is 13.2. The van der Waals surface area contributed by atoms with Gasteiger partial charge in [0.05, 0.1) is 32.3 Å². The van der Waals surface area contributed by atoms with Crippen LogP contribution >= 0.6 is 0 Å². The van der Waals surface area contributed by atoms with Crippen molar-refractivity contribution >= 4 is 0 Å². The van der Waals surface area contributed by atoms with E-state index in [1.54, 1.807) is 0 Å². The molecule has 0 atom stereocenters. The third-order valence-corrected chi connectivity index (χ3v) is 3.92. The van der Waals surface area contributed by atoms with Crippen molar-refractivity contribution in [3.05, 3.63) is 86.1 Å². The van der Waals surface area contributed by atoms with E-state index in [0.717, 1.165) is 28.4 Å². The van der Waals surface area contributed by atoms with E-state index in [9.17, 15) is 27.6 Å². The highest BCUT2D eigenvalue weighted by molar-refractivity contribution is 5.39. The lowest BCUT2D eigenvalue weighted by Crippen LogP contribution is -2.54. The summed E-state index contributed by atoms with van der Waals surface area (Å²) in [4.78, 5) is 37.4. The Hall–Kier alpha value is -3.30. The molecule has 2 rings (SSSR count). The van der Waals surface area contributed by atoms with Crippen LogP contribution in [0.4, 0.5) is 13.2 Å². The number of aromatic nitrogens is 3. The van der Waals surface area contributed by atoms with E-state index in [1.807, 2.05) is 0 Å². The molecular formula is C18H18F3N3O4. The van der Waals surface area contributed by atoms with Crippen LogP contribution in [-0.2, 0) is 25.8 Å². The Morgan fingerprint density at radius 2 is 1.46 bits per heavy atom. The smallest absolute Gasteiger partial charge is 0.419 e. The molecule has 0 saturated heterocycles. The van der Waals surface area contributed by atoms with E-state index in [-0.39, 0.29) is 24.4 Å². The average molecular weight is 397 g/mol. The van der Waals surface area contributed by atoms with Crippen LogP contribution in [0.5, 0.6) is 5.75 Å². The summed E-state index contributed by atoms with van der Waals surface area (Å²) in [5, 5.41) is 0.